The first kappa shape index (κ1) is 14.6. The third-order valence-corrected chi connectivity index (χ3v) is 5.32. The molecule has 112 valence electrons. The maximum Gasteiger partial charge on any atom is 0.0896 e. The van der Waals surface area contributed by atoms with Gasteiger partial charge in [-0.1, -0.05) is 56.7 Å². The van der Waals surface area contributed by atoms with E-state index in [1.807, 2.05) is 0 Å². The lowest BCUT2D eigenvalue weighted by Gasteiger charge is -2.28. The number of hydrogen-bond acceptors (Lipinski definition) is 1. The van der Waals surface area contributed by atoms with Gasteiger partial charge in [-0.2, -0.15) is 0 Å². The van der Waals surface area contributed by atoms with Gasteiger partial charge in [0.1, 0.15) is 0 Å². The van der Waals surface area contributed by atoms with Crippen LogP contribution in [0.25, 0.3) is 10.8 Å². The Bertz CT molecular complexity index is 616. The standard InChI is InChI=1S/C20H26O/c1-15(2)16-8-5-12-20(21,13-11-16)19-10-9-17-6-3-4-7-18(17)14-19/h3-4,6-7,9-10,14-16,21H,5,8,11-13H2,1-2H3. The number of benzene rings is 2. The van der Waals surface area contributed by atoms with Crippen LogP contribution in [0.15, 0.2) is 42.5 Å². The van der Waals surface area contributed by atoms with Gasteiger partial charge >= 0.3 is 0 Å². The van der Waals surface area contributed by atoms with Gasteiger partial charge in [0.25, 0.3) is 0 Å². The molecule has 0 aromatic heterocycles. The molecule has 0 spiro atoms. The monoisotopic (exact) mass is 282 g/mol. The van der Waals surface area contributed by atoms with Gasteiger partial charge in [0.15, 0.2) is 0 Å². The Morgan fingerprint density at radius 3 is 2.52 bits per heavy atom. The highest BCUT2D eigenvalue weighted by atomic mass is 16.3. The molecule has 1 heteroatoms. The summed E-state index contributed by atoms with van der Waals surface area (Å²) in [6, 6.07) is 14.9. The van der Waals surface area contributed by atoms with Crippen molar-refractivity contribution in [3.05, 3.63) is 48.0 Å². The zero-order chi connectivity index (χ0) is 14.9. The largest absolute Gasteiger partial charge is 0.385 e. The molecule has 2 atom stereocenters. The maximum atomic E-state index is 11.2. The van der Waals surface area contributed by atoms with Gasteiger partial charge in [0.05, 0.1) is 5.60 Å². The van der Waals surface area contributed by atoms with E-state index in [2.05, 4.69) is 56.3 Å². The zero-order valence-electron chi connectivity index (χ0n) is 13.2. The fourth-order valence-corrected chi connectivity index (χ4v) is 3.78. The molecule has 2 aromatic carbocycles. The summed E-state index contributed by atoms with van der Waals surface area (Å²) in [6.07, 6.45) is 5.32. The van der Waals surface area contributed by atoms with Crippen molar-refractivity contribution >= 4 is 10.8 Å². The van der Waals surface area contributed by atoms with Crippen LogP contribution >= 0.6 is 0 Å². The summed E-state index contributed by atoms with van der Waals surface area (Å²) in [5.74, 6) is 1.49. The van der Waals surface area contributed by atoms with E-state index in [0.717, 1.165) is 43.1 Å². The smallest absolute Gasteiger partial charge is 0.0896 e. The second-order valence-electron chi connectivity index (χ2n) is 7.03. The Morgan fingerprint density at radius 2 is 1.76 bits per heavy atom. The normalized spacial score (nSPS) is 27.0. The van der Waals surface area contributed by atoms with E-state index in [9.17, 15) is 5.11 Å². The highest BCUT2D eigenvalue weighted by Gasteiger charge is 2.33. The topological polar surface area (TPSA) is 20.2 Å². The molecule has 1 N–H and O–H groups in total. The molecule has 0 bridgehead atoms. The number of fused-ring (bicyclic) bond motifs is 1. The van der Waals surface area contributed by atoms with E-state index in [4.69, 9.17) is 0 Å². The van der Waals surface area contributed by atoms with Crippen molar-refractivity contribution < 1.29 is 5.11 Å². The Balaban J connectivity index is 1.89. The molecular formula is C20H26O. The first-order valence-corrected chi connectivity index (χ1v) is 8.30. The maximum absolute atomic E-state index is 11.2. The quantitative estimate of drug-likeness (QED) is 0.744. The number of hydrogen-bond donors (Lipinski definition) is 1. The molecule has 0 aliphatic heterocycles. The predicted molar refractivity (Wildman–Crippen MR) is 89.3 cm³/mol. The van der Waals surface area contributed by atoms with Crippen molar-refractivity contribution in [3.63, 3.8) is 0 Å². The van der Waals surface area contributed by atoms with E-state index in [1.165, 1.54) is 17.2 Å². The highest BCUT2D eigenvalue weighted by molar-refractivity contribution is 5.83. The summed E-state index contributed by atoms with van der Waals surface area (Å²) in [4.78, 5) is 0. The van der Waals surface area contributed by atoms with Crippen molar-refractivity contribution in [1.29, 1.82) is 0 Å². The van der Waals surface area contributed by atoms with Crippen LogP contribution in [0.2, 0.25) is 0 Å². The Morgan fingerprint density at radius 1 is 1.00 bits per heavy atom. The minimum atomic E-state index is -0.631. The van der Waals surface area contributed by atoms with Crippen molar-refractivity contribution in [3.8, 4) is 0 Å². The van der Waals surface area contributed by atoms with Gasteiger partial charge in [-0.3, -0.25) is 0 Å². The van der Waals surface area contributed by atoms with Crippen LogP contribution in [0, 0.1) is 11.8 Å². The molecule has 2 aromatic rings. The highest BCUT2D eigenvalue weighted by Crippen LogP contribution is 2.40. The minimum Gasteiger partial charge on any atom is -0.385 e. The summed E-state index contributed by atoms with van der Waals surface area (Å²) in [6.45, 7) is 4.62. The average Bonchev–Trinajstić information content (AvgIpc) is 2.70. The first-order valence-electron chi connectivity index (χ1n) is 8.30. The lowest BCUT2D eigenvalue weighted by molar-refractivity contribution is 0.0192. The van der Waals surface area contributed by atoms with Crippen molar-refractivity contribution in [1.82, 2.24) is 0 Å². The second-order valence-corrected chi connectivity index (χ2v) is 7.03. The van der Waals surface area contributed by atoms with Crippen LogP contribution in [0.4, 0.5) is 0 Å². The number of rotatable bonds is 2. The zero-order valence-corrected chi connectivity index (χ0v) is 13.2. The molecule has 1 nitrogen and oxygen atoms in total. The van der Waals surface area contributed by atoms with E-state index in [-0.39, 0.29) is 0 Å². The summed E-state index contributed by atoms with van der Waals surface area (Å²) < 4.78 is 0. The molecule has 21 heavy (non-hydrogen) atoms. The summed E-state index contributed by atoms with van der Waals surface area (Å²) in [7, 11) is 0. The third kappa shape index (κ3) is 2.98. The molecule has 0 amide bonds. The van der Waals surface area contributed by atoms with E-state index in [1.54, 1.807) is 0 Å². The second kappa shape index (κ2) is 5.81. The molecule has 1 fully saturated rings. The summed E-state index contributed by atoms with van der Waals surface area (Å²) in [5, 5.41) is 13.7. The van der Waals surface area contributed by atoms with E-state index >= 15 is 0 Å². The average molecular weight is 282 g/mol. The Kier molecular flexibility index (Phi) is 4.03. The lowest BCUT2D eigenvalue weighted by Crippen LogP contribution is -2.25. The number of aliphatic hydroxyl groups is 1. The molecule has 2 unspecified atom stereocenters. The van der Waals surface area contributed by atoms with Crippen LogP contribution in [-0.2, 0) is 5.60 Å². The van der Waals surface area contributed by atoms with Crippen LogP contribution in [0.1, 0.15) is 51.5 Å². The SMILES string of the molecule is CC(C)C1CCCC(O)(c2ccc3ccccc3c2)CC1. The van der Waals surface area contributed by atoms with Crippen LogP contribution in [0.3, 0.4) is 0 Å². The van der Waals surface area contributed by atoms with Gasteiger partial charge in [0, 0.05) is 0 Å². The van der Waals surface area contributed by atoms with Crippen LogP contribution in [0.5, 0.6) is 0 Å². The fourth-order valence-electron chi connectivity index (χ4n) is 3.78. The molecule has 1 aliphatic rings. The minimum absolute atomic E-state index is 0.631. The molecule has 1 saturated carbocycles. The Hall–Kier alpha value is -1.34. The molecule has 0 heterocycles. The Labute approximate surface area is 128 Å². The summed E-state index contributed by atoms with van der Waals surface area (Å²) in [5.41, 5.74) is 0.471. The third-order valence-electron chi connectivity index (χ3n) is 5.32. The van der Waals surface area contributed by atoms with Crippen molar-refractivity contribution in [2.75, 3.05) is 0 Å². The van der Waals surface area contributed by atoms with Gasteiger partial charge in [0.2, 0.25) is 0 Å². The van der Waals surface area contributed by atoms with Gasteiger partial charge in [-0.05, 0) is 59.9 Å². The lowest BCUT2D eigenvalue weighted by atomic mass is 9.84. The van der Waals surface area contributed by atoms with E-state index in [0.29, 0.717) is 0 Å². The molecule has 0 radical (unpaired) electrons. The molecular weight excluding hydrogens is 256 g/mol. The van der Waals surface area contributed by atoms with Crippen molar-refractivity contribution in [2.45, 2.75) is 51.6 Å². The van der Waals surface area contributed by atoms with E-state index < -0.39 is 5.60 Å². The summed E-state index contributed by atoms with van der Waals surface area (Å²) >= 11 is 0. The van der Waals surface area contributed by atoms with Gasteiger partial charge in [-0.25, -0.2) is 0 Å². The molecule has 3 rings (SSSR count). The molecule has 0 saturated heterocycles. The predicted octanol–water partition coefficient (Wildman–Crippen LogP) is 5.26. The molecule has 1 aliphatic carbocycles. The van der Waals surface area contributed by atoms with Gasteiger partial charge < -0.3 is 5.11 Å². The first-order chi connectivity index (χ1) is 10.1. The van der Waals surface area contributed by atoms with Crippen LogP contribution < -0.4 is 0 Å². The van der Waals surface area contributed by atoms with Crippen molar-refractivity contribution in [2.24, 2.45) is 11.8 Å². The fraction of sp³-hybridized carbons (Fsp3) is 0.500. The van der Waals surface area contributed by atoms with Crippen LogP contribution in [-0.4, -0.2) is 5.11 Å². The van der Waals surface area contributed by atoms with Gasteiger partial charge in [-0.15, -0.1) is 0 Å².